The molecule has 0 spiro atoms. The summed E-state index contributed by atoms with van der Waals surface area (Å²) in [5.41, 5.74) is 5.34. The first kappa shape index (κ1) is 21.7. The van der Waals surface area contributed by atoms with Crippen molar-refractivity contribution in [3.05, 3.63) is 18.2 Å². The fourth-order valence-electron chi connectivity index (χ4n) is 3.37. The summed E-state index contributed by atoms with van der Waals surface area (Å²) in [7, 11) is 5.00. The van der Waals surface area contributed by atoms with E-state index in [1.165, 1.54) is 0 Å². The monoisotopic (exact) mass is 392 g/mol. The lowest BCUT2D eigenvalue weighted by Gasteiger charge is -2.34. The van der Waals surface area contributed by atoms with Crippen molar-refractivity contribution in [3.63, 3.8) is 0 Å². The van der Waals surface area contributed by atoms with E-state index in [4.69, 9.17) is 19.9 Å². The zero-order valence-corrected chi connectivity index (χ0v) is 17.1. The second kappa shape index (κ2) is 11.3. The van der Waals surface area contributed by atoms with Crippen molar-refractivity contribution in [1.82, 2.24) is 10.2 Å². The minimum atomic E-state index is -0.235. The van der Waals surface area contributed by atoms with E-state index >= 15 is 0 Å². The highest BCUT2D eigenvalue weighted by Crippen LogP contribution is 2.27. The molecule has 1 aromatic rings. The summed E-state index contributed by atoms with van der Waals surface area (Å²) >= 11 is 0. The average molecular weight is 393 g/mol. The molecular weight excluding hydrogens is 360 g/mol. The summed E-state index contributed by atoms with van der Waals surface area (Å²) in [4.78, 5) is 17.8. The van der Waals surface area contributed by atoms with Crippen LogP contribution in [0.1, 0.15) is 25.7 Å². The molecule has 8 nitrogen and oxygen atoms in total. The van der Waals surface area contributed by atoms with E-state index in [1.807, 2.05) is 18.2 Å². The molecule has 1 saturated heterocycles. The van der Waals surface area contributed by atoms with Gasteiger partial charge in [-0.2, -0.15) is 0 Å². The van der Waals surface area contributed by atoms with Crippen molar-refractivity contribution in [2.24, 2.45) is 16.6 Å². The van der Waals surface area contributed by atoms with Crippen LogP contribution in [0.25, 0.3) is 0 Å². The number of hydrogen-bond acceptors (Lipinski definition) is 5. The molecule has 1 aliphatic rings. The Bertz CT molecular complexity index is 643. The number of amides is 1. The van der Waals surface area contributed by atoms with Crippen LogP contribution in [0.3, 0.4) is 0 Å². The van der Waals surface area contributed by atoms with Gasteiger partial charge < -0.3 is 30.2 Å². The summed E-state index contributed by atoms with van der Waals surface area (Å²) < 4.78 is 16.3. The minimum Gasteiger partial charge on any atom is -0.496 e. The van der Waals surface area contributed by atoms with Gasteiger partial charge in [-0.15, -0.1) is 0 Å². The number of carbonyl (C=O) groups is 1. The van der Waals surface area contributed by atoms with Gasteiger partial charge in [0.05, 0.1) is 20.8 Å². The number of aliphatic imine (C=N–C) groups is 1. The minimum absolute atomic E-state index is 0.235. The van der Waals surface area contributed by atoms with Gasteiger partial charge in [0, 0.05) is 51.3 Å². The average Bonchev–Trinajstić information content (AvgIpc) is 2.70. The van der Waals surface area contributed by atoms with Gasteiger partial charge in [0.15, 0.2) is 5.96 Å². The molecule has 28 heavy (non-hydrogen) atoms. The Kier molecular flexibility index (Phi) is 8.71. The summed E-state index contributed by atoms with van der Waals surface area (Å²) in [5, 5.41) is 3.37. The van der Waals surface area contributed by atoms with Gasteiger partial charge in [0.25, 0.3) is 0 Å². The summed E-state index contributed by atoms with van der Waals surface area (Å²) in [6.45, 7) is 3.05. The molecule has 1 heterocycles. The number of piperidine rings is 1. The van der Waals surface area contributed by atoms with E-state index in [2.05, 4.69) is 15.2 Å². The molecule has 1 aliphatic heterocycles. The van der Waals surface area contributed by atoms with Crippen molar-refractivity contribution < 1.29 is 19.0 Å². The van der Waals surface area contributed by atoms with Crippen LogP contribution in [0.2, 0.25) is 0 Å². The van der Waals surface area contributed by atoms with Crippen LogP contribution >= 0.6 is 0 Å². The van der Waals surface area contributed by atoms with E-state index in [9.17, 15) is 4.79 Å². The maximum Gasteiger partial charge on any atom is 0.217 e. The maximum atomic E-state index is 11.2. The third-order valence-corrected chi connectivity index (χ3v) is 4.72. The molecule has 1 fully saturated rings. The fourth-order valence-corrected chi connectivity index (χ4v) is 3.37. The summed E-state index contributed by atoms with van der Waals surface area (Å²) in [6.07, 6.45) is 3.33. The van der Waals surface area contributed by atoms with Gasteiger partial charge >= 0.3 is 0 Å². The Labute approximate surface area is 167 Å². The van der Waals surface area contributed by atoms with Gasteiger partial charge in [0.1, 0.15) is 17.2 Å². The van der Waals surface area contributed by atoms with Crippen molar-refractivity contribution in [3.8, 4) is 17.2 Å². The largest absolute Gasteiger partial charge is 0.496 e. The van der Waals surface area contributed by atoms with Crippen molar-refractivity contribution in [1.29, 1.82) is 0 Å². The van der Waals surface area contributed by atoms with Crippen LogP contribution < -0.4 is 25.3 Å². The van der Waals surface area contributed by atoms with Crippen LogP contribution in [-0.2, 0) is 4.79 Å². The Morgan fingerprint density at radius 2 is 1.93 bits per heavy atom. The van der Waals surface area contributed by atoms with E-state index in [0.717, 1.165) is 44.9 Å². The van der Waals surface area contributed by atoms with Crippen LogP contribution in [0.5, 0.6) is 17.2 Å². The number of nitrogens with zero attached hydrogens (tertiary/aromatic N) is 2. The number of nitrogens with two attached hydrogens (primary N) is 1. The van der Waals surface area contributed by atoms with E-state index in [0.29, 0.717) is 36.2 Å². The molecular formula is C20H32N4O4. The number of nitrogens with one attached hydrogen (secondary N) is 1. The third kappa shape index (κ3) is 6.83. The van der Waals surface area contributed by atoms with Crippen LogP contribution in [0.15, 0.2) is 23.2 Å². The molecule has 2 rings (SSSR count). The molecule has 156 valence electrons. The van der Waals surface area contributed by atoms with Gasteiger partial charge in [-0.25, -0.2) is 0 Å². The summed E-state index contributed by atoms with van der Waals surface area (Å²) in [5.74, 6) is 3.03. The van der Waals surface area contributed by atoms with Crippen LogP contribution in [0.4, 0.5) is 0 Å². The first-order valence-electron chi connectivity index (χ1n) is 9.65. The molecule has 3 N–H and O–H groups in total. The zero-order chi connectivity index (χ0) is 20.4. The number of guanidine groups is 1. The number of rotatable bonds is 9. The lowest BCUT2D eigenvalue weighted by atomic mass is 9.95. The van der Waals surface area contributed by atoms with Crippen molar-refractivity contribution in [2.45, 2.75) is 25.7 Å². The lowest BCUT2D eigenvalue weighted by Crippen LogP contribution is -2.47. The lowest BCUT2D eigenvalue weighted by molar-refractivity contribution is -0.119. The first-order chi connectivity index (χ1) is 13.5. The molecule has 1 aromatic carbocycles. The maximum absolute atomic E-state index is 11.2. The SMILES string of the molecule is CN=C(NCCCOc1cc(OC)cc(OC)c1)N1CCCC(CC(N)=O)C1. The number of methoxy groups -OCH3 is 2. The Balaban J connectivity index is 1.75. The second-order valence-electron chi connectivity index (χ2n) is 6.85. The predicted octanol–water partition coefficient (Wildman–Crippen LogP) is 1.64. The normalized spacial score (nSPS) is 17.2. The van der Waals surface area contributed by atoms with Gasteiger partial charge in [-0.1, -0.05) is 0 Å². The van der Waals surface area contributed by atoms with Crippen LogP contribution in [-0.4, -0.2) is 64.3 Å². The molecule has 0 radical (unpaired) electrons. The molecule has 0 bridgehead atoms. The highest BCUT2D eigenvalue weighted by Gasteiger charge is 2.23. The Hall–Kier alpha value is -2.64. The van der Waals surface area contributed by atoms with E-state index in [1.54, 1.807) is 21.3 Å². The summed E-state index contributed by atoms with van der Waals surface area (Å²) in [6, 6.07) is 5.48. The molecule has 1 unspecified atom stereocenters. The Morgan fingerprint density at radius 3 is 2.54 bits per heavy atom. The van der Waals surface area contributed by atoms with E-state index < -0.39 is 0 Å². The number of likely N-dealkylation sites (tertiary alicyclic amines) is 1. The van der Waals surface area contributed by atoms with Crippen molar-refractivity contribution >= 4 is 11.9 Å². The third-order valence-electron chi connectivity index (χ3n) is 4.72. The predicted molar refractivity (Wildman–Crippen MR) is 109 cm³/mol. The number of ether oxygens (including phenoxy) is 3. The number of benzene rings is 1. The zero-order valence-electron chi connectivity index (χ0n) is 17.1. The molecule has 0 aliphatic carbocycles. The molecule has 0 aromatic heterocycles. The van der Waals surface area contributed by atoms with E-state index in [-0.39, 0.29) is 5.91 Å². The second-order valence-corrected chi connectivity index (χ2v) is 6.85. The number of primary amides is 1. The number of carbonyl (C=O) groups excluding carboxylic acids is 1. The Morgan fingerprint density at radius 1 is 1.25 bits per heavy atom. The highest BCUT2D eigenvalue weighted by atomic mass is 16.5. The van der Waals surface area contributed by atoms with Crippen molar-refractivity contribution in [2.75, 3.05) is 47.5 Å². The molecule has 1 atom stereocenters. The first-order valence-corrected chi connectivity index (χ1v) is 9.65. The molecule has 1 amide bonds. The van der Waals surface area contributed by atoms with Gasteiger partial charge in [-0.05, 0) is 25.2 Å². The standard InChI is InChI=1S/C20H32N4O4/c1-22-20(24-8-4-6-15(14-24)10-19(21)25)23-7-5-9-28-18-12-16(26-2)11-17(13-18)27-3/h11-13,15H,4-10,14H2,1-3H3,(H2,21,25)(H,22,23). The molecule has 0 saturated carbocycles. The smallest absolute Gasteiger partial charge is 0.217 e. The quantitative estimate of drug-likeness (QED) is 0.377. The fraction of sp³-hybridized carbons (Fsp3) is 0.600. The van der Waals surface area contributed by atoms with Gasteiger partial charge in [-0.3, -0.25) is 9.79 Å². The highest BCUT2D eigenvalue weighted by molar-refractivity contribution is 5.80. The van der Waals surface area contributed by atoms with Crippen LogP contribution in [0, 0.1) is 5.92 Å². The topological polar surface area (TPSA) is 98.4 Å². The molecule has 8 heteroatoms. The number of hydrogen-bond donors (Lipinski definition) is 2. The van der Waals surface area contributed by atoms with Gasteiger partial charge in [0.2, 0.25) is 5.91 Å².